The predicted octanol–water partition coefficient (Wildman–Crippen LogP) is 2.50. The summed E-state index contributed by atoms with van der Waals surface area (Å²) in [6, 6.07) is 0.669. The number of carbonyl (C=O) groups is 1. The smallest absolute Gasteiger partial charge is 0.234 e. The Hall–Kier alpha value is -0.940. The molecule has 0 aromatic carbocycles. The highest BCUT2D eigenvalue weighted by Crippen LogP contribution is 2.36. The molecule has 2 bridgehead atoms. The first kappa shape index (κ1) is 15.0. The van der Waals surface area contributed by atoms with Crippen molar-refractivity contribution in [3.63, 3.8) is 0 Å². The van der Waals surface area contributed by atoms with Crippen LogP contribution < -0.4 is 5.32 Å². The van der Waals surface area contributed by atoms with Crippen LogP contribution in [0.5, 0.6) is 0 Å². The molecule has 1 N–H and O–H groups in total. The van der Waals surface area contributed by atoms with Gasteiger partial charge in [0.2, 0.25) is 5.91 Å². The van der Waals surface area contributed by atoms with E-state index in [0.717, 1.165) is 31.0 Å². The first-order valence-electron chi connectivity index (χ1n) is 8.11. The highest BCUT2D eigenvalue weighted by atomic mass is 32.1. The van der Waals surface area contributed by atoms with E-state index in [1.165, 1.54) is 29.1 Å². The first-order chi connectivity index (χ1) is 10.2. The largest absolute Gasteiger partial charge is 0.350 e. The molecule has 2 aliphatic rings. The molecule has 4 nitrogen and oxygen atoms in total. The summed E-state index contributed by atoms with van der Waals surface area (Å²) in [5.41, 5.74) is 1.07. The Labute approximate surface area is 130 Å². The highest BCUT2D eigenvalue weighted by molar-refractivity contribution is 7.11. The molecule has 1 saturated carbocycles. The van der Waals surface area contributed by atoms with Gasteiger partial charge in [0.25, 0.3) is 0 Å². The van der Waals surface area contributed by atoms with Crippen LogP contribution in [0.25, 0.3) is 0 Å². The van der Waals surface area contributed by atoms with E-state index in [4.69, 9.17) is 0 Å². The van der Waals surface area contributed by atoms with E-state index in [9.17, 15) is 4.79 Å². The van der Waals surface area contributed by atoms with E-state index < -0.39 is 0 Å². The van der Waals surface area contributed by atoms with Gasteiger partial charge in [0.1, 0.15) is 0 Å². The maximum atomic E-state index is 12.1. The van der Waals surface area contributed by atoms with Gasteiger partial charge in [0, 0.05) is 17.5 Å². The standard InChI is InChI=1S/C16H25N3OS/c1-3-4-16-18-11(2)14(21-16)8-17-15(20)10-19-9-12-5-6-13(19)7-12/h12-13H,3-10H2,1-2H3,(H,17,20)/t12-,13+/m1/s1. The molecule has 1 amide bonds. The van der Waals surface area contributed by atoms with Crippen LogP contribution in [0.4, 0.5) is 0 Å². The van der Waals surface area contributed by atoms with Gasteiger partial charge < -0.3 is 5.32 Å². The number of amides is 1. The van der Waals surface area contributed by atoms with Gasteiger partial charge in [-0.2, -0.15) is 0 Å². The molecule has 1 saturated heterocycles. The normalized spacial score (nSPS) is 24.7. The fourth-order valence-corrected chi connectivity index (χ4v) is 4.72. The molecule has 1 aliphatic carbocycles. The number of fused-ring (bicyclic) bond motifs is 2. The van der Waals surface area contributed by atoms with Crippen molar-refractivity contribution in [1.82, 2.24) is 15.2 Å². The van der Waals surface area contributed by atoms with E-state index in [1.807, 2.05) is 6.92 Å². The molecule has 2 heterocycles. The fraction of sp³-hybridized carbons (Fsp3) is 0.750. The SMILES string of the molecule is CCCc1nc(C)c(CNC(=O)CN2C[C@@H]3CC[C@H]2C3)s1. The highest BCUT2D eigenvalue weighted by Gasteiger charge is 2.38. The van der Waals surface area contributed by atoms with E-state index in [1.54, 1.807) is 11.3 Å². The molecule has 116 valence electrons. The second-order valence-corrected chi connectivity index (χ2v) is 7.57. The van der Waals surface area contributed by atoms with Gasteiger partial charge in [-0.1, -0.05) is 6.92 Å². The molecule has 2 atom stereocenters. The third-order valence-corrected chi connectivity index (χ3v) is 5.93. The van der Waals surface area contributed by atoms with Gasteiger partial charge >= 0.3 is 0 Å². The summed E-state index contributed by atoms with van der Waals surface area (Å²) >= 11 is 1.74. The van der Waals surface area contributed by atoms with E-state index in [2.05, 4.69) is 22.1 Å². The lowest BCUT2D eigenvalue weighted by Crippen LogP contribution is -2.40. The molecular formula is C16H25N3OS. The number of nitrogens with zero attached hydrogens (tertiary/aromatic N) is 2. The van der Waals surface area contributed by atoms with Gasteiger partial charge in [0.15, 0.2) is 0 Å². The molecule has 1 aromatic heterocycles. The summed E-state index contributed by atoms with van der Waals surface area (Å²) in [5, 5.41) is 4.26. The molecule has 0 spiro atoms. The number of hydrogen-bond acceptors (Lipinski definition) is 4. The summed E-state index contributed by atoms with van der Waals surface area (Å²) in [4.78, 5) is 20.3. The van der Waals surface area contributed by atoms with Crippen molar-refractivity contribution < 1.29 is 4.79 Å². The molecule has 0 radical (unpaired) electrons. The number of hydrogen-bond donors (Lipinski definition) is 1. The number of thiazole rings is 1. The average Bonchev–Trinajstić information content (AvgIpc) is 3.13. The molecule has 1 aromatic rings. The monoisotopic (exact) mass is 307 g/mol. The summed E-state index contributed by atoms with van der Waals surface area (Å²) in [7, 11) is 0. The summed E-state index contributed by atoms with van der Waals surface area (Å²) in [6.45, 7) is 6.53. The zero-order chi connectivity index (χ0) is 14.8. The number of carbonyl (C=O) groups excluding carboxylic acids is 1. The lowest BCUT2D eigenvalue weighted by atomic mass is 10.1. The maximum Gasteiger partial charge on any atom is 0.234 e. The van der Waals surface area contributed by atoms with Crippen LogP contribution in [0.3, 0.4) is 0 Å². The Morgan fingerprint density at radius 3 is 3.00 bits per heavy atom. The third kappa shape index (κ3) is 3.46. The van der Waals surface area contributed by atoms with Crippen molar-refractivity contribution in [2.75, 3.05) is 13.1 Å². The Balaban J connectivity index is 1.47. The average molecular weight is 307 g/mol. The zero-order valence-electron chi connectivity index (χ0n) is 13.0. The van der Waals surface area contributed by atoms with Gasteiger partial charge in [-0.25, -0.2) is 4.98 Å². The van der Waals surface area contributed by atoms with Crippen LogP contribution in [-0.2, 0) is 17.8 Å². The van der Waals surface area contributed by atoms with E-state index in [-0.39, 0.29) is 5.91 Å². The zero-order valence-corrected chi connectivity index (χ0v) is 13.8. The molecule has 5 heteroatoms. The minimum atomic E-state index is 0.160. The lowest BCUT2D eigenvalue weighted by Gasteiger charge is -2.25. The predicted molar refractivity (Wildman–Crippen MR) is 85.4 cm³/mol. The summed E-state index contributed by atoms with van der Waals surface area (Å²) in [6.07, 6.45) is 6.11. The van der Waals surface area contributed by atoms with Crippen LogP contribution in [0.1, 0.15) is 48.2 Å². The van der Waals surface area contributed by atoms with E-state index in [0.29, 0.717) is 19.1 Å². The molecule has 21 heavy (non-hydrogen) atoms. The first-order valence-corrected chi connectivity index (χ1v) is 8.93. The van der Waals surface area contributed by atoms with Crippen molar-refractivity contribution in [2.24, 2.45) is 5.92 Å². The van der Waals surface area contributed by atoms with E-state index >= 15 is 0 Å². The van der Waals surface area contributed by atoms with Gasteiger partial charge in [-0.05, 0) is 44.9 Å². The van der Waals surface area contributed by atoms with Crippen LogP contribution in [-0.4, -0.2) is 34.9 Å². The number of rotatable bonds is 6. The Kier molecular flexibility index (Phi) is 4.60. The Bertz CT molecular complexity index is 514. The molecule has 1 aliphatic heterocycles. The van der Waals surface area contributed by atoms with Gasteiger partial charge in [0.05, 0.1) is 23.8 Å². The third-order valence-electron chi connectivity index (χ3n) is 4.72. The van der Waals surface area contributed by atoms with Crippen molar-refractivity contribution in [2.45, 2.75) is 58.5 Å². The van der Waals surface area contributed by atoms with Crippen molar-refractivity contribution in [3.8, 4) is 0 Å². The number of aromatic nitrogens is 1. The Morgan fingerprint density at radius 1 is 1.48 bits per heavy atom. The summed E-state index contributed by atoms with van der Waals surface area (Å²) in [5.74, 6) is 1.01. The fourth-order valence-electron chi connectivity index (χ4n) is 3.61. The number of nitrogens with one attached hydrogen (secondary N) is 1. The lowest BCUT2D eigenvalue weighted by molar-refractivity contribution is -0.122. The second-order valence-electron chi connectivity index (χ2n) is 6.41. The molecule has 2 fully saturated rings. The van der Waals surface area contributed by atoms with Gasteiger partial charge in [-0.15, -0.1) is 11.3 Å². The minimum Gasteiger partial charge on any atom is -0.350 e. The van der Waals surface area contributed by atoms with Crippen LogP contribution in [0, 0.1) is 12.8 Å². The number of piperidine rings is 1. The van der Waals surface area contributed by atoms with Crippen molar-refractivity contribution in [3.05, 3.63) is 15.6 Å². The van der Waals surface area contributed by atoms with Crippen LogP contribution >= 0.6 is 11.3 Å². The maximum absolute atomic E-state index is 12.1. The van der Waals surface area contributed by atoms with Gasteiger partial charge in [-0.3, -0.25) is 9.69 Å². The summed E-state index contributed by atoms with van der Waals surface area (Å²) < 4.78 is 0. The molecule has 3 rings (SSSR count). The quantitative estimate of drug-likeness (QED) is 0.878. The van der Waals surface area contributed by atoms with Crippen LogP contribution in [0.2, 0.25) is 0 Å². The van der Waals surface area contributed by atoms with Crippen molar-refractivity contribution >= 4 is 17.2 Å². The van der Waals surface area contributed by atoms with Crippen molar-refractivity contribution in [1.29, 1.82) is 0 Å². The Morgan fingerprint density at radius 2 is 2.33 bits per heavy atom. The molecular weight excluding hydrogens is 282 g/mol. The number of likely N-dealkylation sites (tertiary alicyclic amines) is 1. The van der Waals surface area contributed by atoms with Crippen LogP contribution in [0.15, 0.2) is 0 Å². The minimum absolute atomic E-state index is 0.160. The topological polar surface area (TPSA) is 45.2 Å². The molecule has 0 unspecified atom stereocenters. The number of aryl methyl sites for hydroxylation is 2. The second kappa shape index (κ2) is 6.44.